The molecule has 0 aliphatic heterocycles. The fraction of sp³-hybridized carbons (Fsp3) is 0.355. The molecule has 0 bridgehead atoms. The van der Waals surface area contributed by atoms with Gasteiger partial charge in [-0.3, -0.25) is 9.59 Å². The van der Waals surface area contributed by atoms with Crippen molar-refractivity contribution in [3.05, 3.63) is 106 Å². The van der Waals surface area contributed by atoms with Crippen LogP contribution in [0.5, 0.6) is 0 Å². The quantitative estimate of drug-likeness (QED) is 0.374. The molecular formula is C31H35ClN2O2. The zero-order valence-electron chi connectivity index (χ0n) is 21.0. The number of aryl methyl sites for hydroxylation is 1. The van der Waals surface area contributed by atoms with Gasteiger partial charge in [-0.15, -0.1) is 0 Å². The van der Waals surface area contributed by atoms with Crippen molar-refractivity contribution in [3.8, 4) is 0 Å². The van der Waals surface area contributed by atoms with Gasteiger partial charge in [-0.2, -0.15) is 0 Å². The maximum Gasteiger partial charge on any atom is 0.243 e. The Morgan fingerprint density at radius 1 is 0.917 bits per heavy atom. The van der Waals surface area contributed by atoms with Crippen molar-refractivity contribution in [2.75, 3.05) is 0 Å². The lowest BCUT2D eigenvalue weighted by atomic mass is 9.94. The summed E-state index contributed by atoms with van der Waals surface area (Å²) < 4.78 is 0. The molecule has 1 fully saturated rings. The standard InChI is InChI=1S/C31H35ClN2O2/c1-23-11-8-9-15-26(23)21-30(35)34(22-25-14-10-16-27(32)19-25)29(20-24-12-4-2-5-13-24)31(36)33-28-17-6-3-7-18-28/h2,4-5,8-16,19,28-29H,3,6-7,17-18,20-22H2,1H3,(H,33,36). The zero-order chi connectivity index (χ0) is 25.3. The number of nitrogens with zero attached hydrogens (tertiary/aromatic N) is 1. The highest BCUT2D eigenvalue weighted by Gasteiger charge is 2.32. The van der Waals surface area contributed by atoms with E-state index in [1.54, 1.807) is 4.90 Å². The number of hydrogen-bond acceptors (Lipinski definition) is 2. The van der Waals surface area contributed by atoms with E-state index in [9.17, 15) is 9.59 Å². The first kappa shape index (κ1) is 26.0. The molecule has 2 amide bonds. The Kier molecular flexibility index (Phi) is 9.18. The Labute approximate surface area is 219 Å². The van der Waals surface area contributed by atoms with Gasteiger partial charge in [-0.05, 0) is 54.2 Å². The van der Waals surface area contributed by atoms with Crippen molar-refractivity contribution in [2.24, 2.45) is 0 Å². The highest BCUT2D eigenvalue weighted by molar-refractivity contribution is 6.30. The predicted molar refractivity (Wildman–Crippen MR) is 146 cm³/mol. The molecule has 0 aromatic heterocycles. The number of rotatable bonds is 9. The normalized spacial score (nSPS) is 14.7. The molecule has 1 saturated carbocycles. The smallest absolute Gasteiger partial charge is 0.243 e. The van der Waals surface area contributed by atoms with Gasteiger partial charge in [0.25, 0.3) is 0 Å². The lowest BCUT2D eigenvalue weighted by molar-refractivity contribution is -0.141. The molecule has 1 N–H and O–H groups in total. The molecule has 0 spiro atoms. The van der Waals surface area contributed by atoms with E-state index >= 15 is 0 Å². The van der Waals surface area contributed by atoms with E-state index in [-0.39, 0.29) is 24.3 Å². The first-order chi connectivity index (χ1) is 17.5. The lowest BCUT2D eigenvalue weighted by Crippen LogP contribution is -2.53. The van der Waals surface area contributed by atoms with Gasteiger partial charge in [0.2, 0.25) is 11.8 Å². The number of carbonyl (C=O) groups is 2. The van der Waals surface area contributed by atoms with Crippen LogP contribution in [0.3, 0.4) is 0 Å². The van der Waals surface area contributed by atoms with Crippen LogP contribution in [0.4, 0.5) is 0 Å². The highest BCUT2D eigenvalue weighted by Crippen LogP contribution is 2.21. The second-order valence-corrected chi connectivity index (χ2v) is 10.2. The topological polar surface area (TPSA) is 49.4 Å². The number of amides is 2. The average molecular weight is 503 g/mol. The van der Waals surface area contributed by atoms with Gasteiger partial charge < -0.3 is 10.2 Å². The van der Waals surface area contributed by atoms with Crippen molar-refractivity contribution in [2.45, 2.75) is 70.5 Å². The van der Waals surface area contributed by atoms with Crippen LogP contribution < -0.4 is 5.32 Å². The summed E-state index contributed by atoms with van der Waals surface area (Å²) in [6.07, 6.45) is 6.17. The third-order valence-corrected chi connectivity index (χ3v) is 7.30. The van der Waals surface area contributed by atoms with E-state index in [2.05, 4.69) is 5.32 Å². The largest absolute Gasteiger partial charge is 0.352 e. The molecule has 1 atom stereocenters. The van der Waals surface area contributed by atoms with E-state index in [0.717, 1.165) is 47.9 Å². The Balaban J connectivity index is 1.66. The van der Waals surface area contributed by atoms with Crippen LogP contribution in [0.15, 0.2) is 78.9 Å². The summed E-state index contributed by atoms with van der Waals surface area (Å²) in [6.45, 7) is 2.34. The molecule has 1 aliphatic carbocycles. The van der Waals surface area contributed by atoms with Crippen LogP contribution in [0.2, 0.25) is 5.02 Å². The van der Waals surface area contributed by atoms with Crippen LogP contribution in [0.25, 0.3) is 0 Å². The van der Waals surface area contributed by atoms with Crippen molar-refractivity contribution < 1.29 is 9.59 Å². The lowest BCUT2D eigenvalue weighted by Gasteiger charge is -2.33. The number of carbonyl (C=O) groups excluding carboxylic acids is 2. The van der Waals surface area contributed by atoms with Crippen molar-refractivity contribution in [3.63, 3.8) is 0 Å². The third-order valence-electron chi connectivity index (χ3n) is 7.07. The van der Waals surface area contributed by atoms with Gasteiger partial charge in [-0.25, -0.2) is 0 Å². The molecule has 1 aliphatic rings. The summed E-state index contributed by atoms with van der Waals surface area (Å²) in [5, 5.41) is 3.90. The van der Waals surface area contributed by atoms with E-state index < -0.39 is 6.04 Å². The van der Waals surface area contributed by atoms with Crippen LogP contribution in [-0.4, -0.2) is 28.8 Å². The summed E-state index contributed by atoms with van der Waals surface area (Å²) in [5.41, 5.74) is 3.98. The summed E-state index contributed by atoms with van der Waals surface area (Å²) in [6, 6.07) is 25.0. The number of nitrogens with one attached hydrogen (secondary N) is 1. The molecule has 0 heterocycles. The van der Waals surface area contributed by atoms with Gasteiger partial charge in [0.1, 0.15) is 6.04 Å². The molecule has 36 heavy (non-hydrogen) atoms. The van der Waals surface area contributed by atoms with Crippen LogP contribution in [-0.2, 0) is 29.0 Å². The van der Waals surface area contributed by atoms with Gasteiger partial charge in [0.05, 0.1) is 6.42 Å². The maximum atomic E-state index is 13.9. The molecule has 5 heteroatoms. The summed E-state index contributed by atoms with van der Waals surface area (Å²) in [7, 11) is 0. The molecule has 0 saturated heterocycles. The first-order valence-electron chi connectivity index (χ1n) is 12.9. The highest BCUT2D eigenvalue weighted by atomic mass is 35.5. The Hall–Kier alpha value is -3.11. The van der Waals surface area contributed by atoms with E-state index in [0.29, 0.717) is 18.0 Å². The molecule has 188 valence electrons. The van der Waals surface area contributed by atoms with E-state index in [4.69, 9.17) is 11.6 Å². The minimum Gasteiger partial charge on any atom is -0.352 e. The Morgan fingerprint density at radius 2 is 1.61 bits per heavy atom. The molecule has 4 nitrogen and oxygen atoms in total. The molecular weight excluding hydrogens is 468 g/mol. The molecule has 1 unspecified atom stereocenters. The predicted octanol–water partition coefficient (Wildman–Crippen LogP) is 6.28. The summed E-state index contributed by atoms with van der Waals surface area (Å²) in [4.78, 5) is 29.5. The van der Waals surface area contributed by atoms with Crippen LogP contribution in [0.1, 0.15) is 54.4 Å². The maximum absolute atomic E-state index is 13.9. The average Bonchev–Trinajstić information content (AvgIpc) is 2.88. The third kappa shape index (κ3) is 7.20. The molecule has 0 radical (unpaired) electrons. The minimum absolute atomic E-state index is 0.0657. The molecule has 4 rings (SSSR count). The summed E-state index contributed by atoms with van der Waals surface area (Å²) in [5.74, 6) is -0.144. The van der Waals surface area contributed by atoms with Gasteiger partial charge in [0, 0.05) is 24.0 Å². The Morgan fingerprint density at radius 3 is 2.33 bits per heavy atom. The second kappa shape index (κ2) is 12.7. The number of hydrogen-bond donors (Lipinski definition) is 1. The van der Waals surface area contributed by atoms with E-state index in [1.165, 1.54) is 6.42 Å². The summed E-state index contributed by atoms with van der Waals surface area (Å²) >= 11 is 6.28. The van der Waals surface area contributed by atoms with Crippen LogP contribution in [0, 0.1) is 6.92 Å². The van der Waals surface area contributed by atoms with Gasteiger partial charge in [0.15, 0.2) is 0 Å². The van der Waals surface area contributed by atoms with Crippen molar-refractivity contribution >= 4 is 23.4 Å². The number of benzene rings is 3. The van der Waals surface area contributed by atoms with Crippen molar-refractivity contribution in [1.82, 2.24) is 10.2 Å². The van der Waals surface area contributed by atoms with E-state index in [1.807, 2.05) is 85.8 Å². The zero-order valence-corrected chi connectivity index (χ0v) is 21.7. The fourth-order valence-electron chi connectivity index (χ4n) is 5.00. The minimum atomic E-state index is -0.621. The van der Waals surface area contributed by atoms with Crippen LogP contribution >= 0.6 is 11.6 Å². The number of halogens is 1. The monoisotopic (exact) mass is 502 g/mol. The van der Waals surface area contributed by atoms with Gasteiger partial charge >= 0.3 is 0 Å². The molecule has 3 aromatic rings. The second-order valence-electron chi connectivity index (χ2n) is 9.80. The van der Waals surface area contributed by atoms with Gasteiger partial charge in [-0.1, -0.05) is 97.6 Å². The van der Waals surface area contributed by atoms with Crippen molar-refractivity contribution in [1.29, 1.82) is 0 Å². The fourth-order valence-corrected chi connectivity index (χ4v) is 5.22. The molecule has 3 aromatic carbocycles. The SMILES string of the molecule is Cc1ccccc1CC(=O)N(Cc1cccc(Cl)c1)C(Cc1ccccc1)C(=O)NC1CCCCC1. The first-order valence-corrected chi connectivity index (χ1v) is 13.3. The Bertz CT molecular complexity index is 1160.